The van der Waals surface area contributed by atoms with Gasteiger partial charge < -0.3 is 0 Å². The van der Waals surface area contributed by atoms with E-state index in [2.05, 4.69) is 301 Å². The molecule has 0 unspecified atom stereocenters. The SMILES string of the molecule is CC.CC.CC.CC.CCCC.CCCC.CCCC.CCCC.CCSC.CCSC.CS.CS.c1ccc2ccccc2c1.c1ccc2ccccc2c1.c1ccc2ccccc2c1.c1ccc2ccccc2c1. The van der Waals surface area contributed by atoms with Gasteiger partial charge in [0.25, 0.3) is 0 Å². The zero-order valence-corrected chi connectivity index (χ0v) is 56.7. The Hall–Kier alpha value is -3.80. The van der Waals surface area contributed by atoms with Gasteiger partial charge in [-0.05, 0) is 79.6 Å². The quantitative estimate of drug-likeness (QED) is 0.159. The molecule has 0 amide bonds. The van der Waals surface area contributed by atoms with E-state index in [0.717, 1.165) is 0 Å². The fourth-order valence-corrected chi connectivity index (χ4v) is 4.53. The number of thiol groups is 2. The van der Waals surface area contributed by atoms with Crippen LogP contribution >= 0.6 is 48.8 Å². The summed E-state index contributed by atoms with van der Waals surface area (Å²) in [5.74, 6) is 2.47. The third-order valence-electron chi connectivity index (χ3n) is 9.21. The first kappa shape index (κ1) is 88.8. The Kier molecular flexibility index (Phi) is 99.5. The molecule has 0 spiro atoms. The van der Waals surface area contributed by atoms with Crippen LogP contribution in [-0.2, 0) is 0 Å². The molecule has 0 saturated heterocycles. The summed E-state index contributed by atoms with van der Waals surface area (Å²) in [6, 6.07) is 66.9. The molecule has 76 heavy (non-hydrogen) atoms. The van der Waals surface area contributed by atoms with Gasteiger partial charge in [-0.2, -0.15) is 48.8 Å². The summed E-state index contributed by atoms with van der Waals surface area (Å²) in [5.41, 5.74) is 0. The molecule has 0 nitrogen and oxygen atoms in total. The maximum Gasteiger partial charge on any atom is -0.00988 e. The van der Waals surface area contributed by atoms with Crippen LogP contribution in [0, 0.1) is 0 Å². The summed E-state index contributed by atoms with van der Waals surface area (Å²) in [6.07, 6.45) is 18.1. The minimum absolute atomic E-state index is 1.24. The summed E-state index contributed by atoms with van der Waals surface area (Å²) in [7, 11) is 0. The molecular formula is C72H120S4. The van der Waals surface area contributed by atoms with Crippen molar-refractivity contribution in [3.8, 4) is 0 Å². The molecule has 432 valence electrons. The highest BCUT2D eigenvalue weighted by Crippen LogP contribution is 2.14. The van der Waals surface area contributed by atoms with Crippen LogP contribution in [0.4, 0.5) is 0 Å². The summed E-state index contributed by atoms with van der Waals surface area (Å²) in [5, 5.41) is 10.5. The number of hydrogen-bond donors (Lipinski definition) is 2. The third-order valence-corrected chi connectivity index (χ3v) is 10.4. The van der Waals surface area contributed by atoms with E-state index >= 15 is 0 Å². The highest BCUT2D eigenvalue weighted by Gasteiger charge is 1.88. The van der Waals surface area contributed by atoms with Gasteiger partial charge in [0.05, 0.1) is 0 Å². The third kappa shape index (κ3) is 61.1. The van der Waals surface area contributed by atoms with Crippen molar-refractivity contribution in [2.45, 2.75) is 176 Å². The number of hydrogen-bond acceptors (Lipinski definition) is 4. The van der Waals surface area contributed by atoms with E-state index in [1.165, 1.54) is 106 Å². The van der Waals surface area contributed by atoms with Crippen molar-refractivity contribution < 1.29 is 0 Å². The van der Waals surface area contributed by atoms with E-state index in [-0.39, 0.29) is 0 Å². The Morgan fingerprint density at radius 3 is 0.316 bits per heavy atom. The van der Waals surface area contributed by atoms with Crippen LogP contribution in [-0.4, -0.2) is 36.5 Å². The molecule has 0 radical (unpaired) electrons. The first-order valence-corrected chi connectivity index (χ1v) is 33.6. The fourth-order valence-electron chi connectivity index (χ4n) is 4.53. The molecule has 0 aliphatic rings. The van der Waals surface area contributed by atoms with E-state index in [1.807, 2.05) is 78.9 Å². The van der Waals surface area contributed by atoms with E-state index in [4.69, 9.17) is 0 Å². The minimum Gasteiger partial charge on any atom is -0.183 e. The first-order valence-electron chi connectivity index (χ1n) is 29.0. The van der Waals surface area contributed by atoms with Crippen molar-refractivity contribution in [2.24, 2.45) is 0 Å². The maximum atomic E-state index is 3.53. The van der Waals surface area contributed by atoms with Crippen molar-refractivity contribution in [3.63, 3.8) is 0 Å². The second-order valence-corrected chi connectivity index (χ2v) is 16.9. The standard InChI is InChI=1S/4C10H8.4C4H10.2C3H8S.4C2H6.2CH4S/c4*1-2-6-10-8-4-3-7-9(10)5-1;6*1-3-4-2;6*1-2/h4*1-8H;4*3-4H2,1-2H3;2*3H2,1-2H3;4*1-2H3;2*2H,1H3. The Balaban J connectivity index is -0.000000113. The van der Waals surface area contributed by atoms with E-state index < -0.39 is 0 Å². The molecule has 8 rings (SSSR count). The van der Waals surface area contributed by atoms with E-state index in [1.54, 1.807) is 12.5 Å². The Labute approximate surface area is 495 Å². The Morgan fingerprint density at radius 1 is 0.211 bits per heavy atom. The van der Waals surface area contributed by atoms with Gasteiger partial charge in [-0.15, -0.1) is 0 Å². The maximum absolute atomic E-state index is 3.53. The lowest BCUT2D eigenvalue weighted by Crippen LogP contribution is -1.67. The van der Waals surface area contributed by atoms with Crippen LogP contribution in [0.1, 0.15) is 176 Å². The average Bonchev–Trinajstić information content (AvgIpc) is 3.54. The molecule has 0 aliphatic heterocycles. The molecule has 0 aromatic heterocycles. The highest BCUT2D eigenvalue weighted by molar-refractivity contribution is 7.98. The number of thioether (sulfide) groups is 2. The zero-order chi connectivity index (χ0) is 59.7. The highest BCUT2D eigenvalue weighted by atomic mass is 32.2. The van der Waals surface area contributed by atoms with Crippen molar-refractivity contribution in [3.05, 3.63) is 194 Å². The molecule has 0 N–H and O–H groups in total. The summed E-state index contributed by atoms with van der Waals surface area (Å²) >= 11 is 10.8. The molecule has 4 heteroatoms. The van der Waals surface area contributed by atoms with Gasteiger partial charge in [-0.3, -0.25) is 0 Å². The number of fused-ring (bicyclic) bond motifs is 4. The fraction of sp³-hybridized carbons (Fsp3) is 0.444. The molecule has 0 bridgehead atoms. The van der Waals surface area contributed by atoms with Crippen molar-refractivity contribution in [1.82, 2.24) is 0 Å². The Bertz CT molecular complexity index is 1560. The predicted molar refractivity (Wildman–Crippen MR) is 381 cm³/mol. The lowest BCUT2D eigenvalue weighted by Gasteiger charge is -1.92. The first-order chi connectivity index (χ1) is 37.4. The average molecular weight is 1110 g/mol. The van der Waals surface area contributed by atoms with E-state index in [9.17, 15) is 0 Å². The molecule has 0 saturated carbocycles. The van der Waals surface area contributed by atoms with Gasteiger partial charge in [0.2, 0.25) is 0 Å². The van der Waals surface area contributed by atoms with Crippen LogP contribution < -0.4 is 0 Å². The topological polar surface area (TPSA) is 0 Å². The second-order valence-electron chi connectivity index (χ2n) is 14.5. The number of rotatable bonds is 6. The largest absolute Gasteiger partial charge is 0.183 e. The van der Waals surface area contributed by atoms with Crippen LogP contribution in [0.3, 0.4) is 0 Å². The summed E-state index contributed by atoms with van der Waals surface area (Å²) < 4.78 is 0. The van der Waals surface area contributed by atoms with Crippen molar-refractivity contribution in [1.29, 1.82) is 0 Å². The number of benzene rings is 8. The van der Waals surface area contributed by atoms with E-state index in [0.29, 0.717) is 0 Å². The van der Waals surface area contributed by atoms with Gasteiger partial charge in [0.15, 0.2) is 0 Å². The zero-order valence-electron chi connectivity index (χ0n) is 53.3. The molecule has 8 aromatic carbocycles. The van der Waals surface area contributed by atoms with Crippen LogP contribution in [0.5, 0.6) is 0 Å². The van der Waals surface area contributed by atoms with Gasteiger partial charge >= 0.3 is 0 Å². The molecular weight excluding hydrogens is 993 g/mol. The van der Waals surface area contributed by atoms with Gasteiger partial charge in [-0.25, -0.2) is 0 Å². The van der Waals surface area contributed by atoms with Gasteiger partial charge in [0, 0.05) is 0 Å². The lowest BCUT2D eigenvalue weighted by molar-refractivity contribution is 0.886. The lowest BCUT2D eigenvalue weighted by atomic mass is 10.1. The van der Waals surface area contributed by atoms with Gasteiger partial charge in [0.1, 0.15) is 0 Å². The molecule has 0 fully saturated rings. The second kappa shape index (κ2) is 85.1. The van der Waals surface area contributed by atoms with Crippen LogP contribution in [0.15, 0.2) is 194 Å². The Morgan fingerprint density at radius 2 is 0.276 bits per heavy atom. The monoisotopic (exact) mass is 1110 g/mol. The van der Waals surface area contributed by atoms with Crippen LogP contribution in [0.2, 0.25) is 0 Å². The summed E-state index contributed by atoms with van der Waals surface area (Å²) in [6.45, 7) is 37.7. The molecule has 0 aliphatic carbocycles. The minimum atomic E-state index is 1.24. The molecule has 0 atom stereocenters. The van der Waals surface area contributed by atoms with Crippen molar-refractivity contribution in [2.75, 3.05) is 36.5 Å². The summed E-state index contributed by atoms with van der Waals surface area (Å²) in [4.78, 5) is 0. The number of unbranched alkanes of at least 4 members (excludes halogenated alkanes) is 4. The molecule has 8 aromatic rings. The molecule has 0 heterocycles. The van der Waals surface area contributed by atoms with Crippen molar-refractivity contribution >= 4 is 91.9 Å². The smallest absolute Gasteiger partial charge is 0.00988 e. The predicted octanol–water partition coefficient (Wildman–Crippen LogP) is 26.5. The van der Waals surface area contributed by atoms with Gasteiger partial charge in [-0.1, -0.05) is 370 Å². The normalized spacial score (nSPS) is 8.11. The van der Waals surface area contributed by atoms with Crippen LogP contribution in [0.25, 0.3) is 43.1 Å².